The van der Waals surface area contributed by atoms with E-state index in [2.05, 4.69) is 27.0 Å². The molecular weight excluding hydrogens is 384 g/mol. The van der Waals surface area contributed by atoms with Gasteiger partial charge in [0.2, 0.25) is 5.91 Å². The zero-order valence-corrected chi connectivity index (χ0v) is 17.2. The number of carbonyl (C=O) groups is 1. The first-order valence-corrected chi connectivity index (χ1v) is 10.6. The van der Waals surface area contributed by atoms with E-state index in [0.29, 0.717) is 5.75 Å². The number of nitrogens with zero attached hydrogens (tertiary/aromatic N) is 3. The number of ether oxygens (including phenoxy) is 1. The second-order valence-electron chi connectivity index (χ2n) is 6.82. The van der Waals surface area contributed by atoms with Crippen LogP contribution in [0.5, 0.6) is 5.75 Å². The summed E-state index contributed by atoms with van der Waals surface area (Å²) in [6.45, 7) is 3.14. The number of carbonyl (C=O) groups excluding carboxylic acids is 1. The second kappa shape index (κ2) is 9.05. The van der Waals surface area contributed by atoms with Gasteiger partial charge in [0.05, 0.1) is 24.8 Å². The molecule has 0 saturated carbocycles. The lowest BCUT2D eigenvalue weighted by molar-refractivity contribution is -0.128. The standard InChI is InChI=1S/C22H24N4O2S/c1-28-19-9-7-18(8-10-19)25-11-13-26(14-12-25)21(27)16-29-22-23-15-20(24-22)17-5-3-2-4-6-17/h2-10,15H,11-14,16H2,1H3,(H,23,24). The molecule has 6 nitrogen and oxygen atoms in total. The highest BCUT2D eigenvalue weighted by molar-refractivity contribution is 7.99. The molecule has 1 saturated heterocycles. The van der Waals surface area contributed by atoms with Crippen LogP contribution in [0.15, 0.2) is 66.0 Å². The number of piperazine rings is 1. The van der Waals surface area contributed by atoms with Crippen molar-refractivity contribution in [3.8, 4) is 17.0 Å². The molecule has 1 aliphatic heterocycles. The monoisotopic (exact) mass is 408 g/mol. The van der Waals surface area contributed by atoms with E-state index in [1.165, 1.54) is 11.8 Å². The summed E-state index contributed by atoms with van der Waals surface area (Å²) in [4.78, 5) is 24.5. The maximum atomic E-state index is 12.6. The van der Waals surface area contributed by atoms with Crippen LogP contribution in [0.3, 0.4) is 0 Å². The van der Waals surface area contributed by atoms with E-state index in [9.17, 15) is 4.79 Å². The summed E-state index contributed by atoms with van der Waals surface area (Å²) in [7, 11) is 1.67. The summed E-state index contributed by atoms with van der Waals surface area (Å²) >= 11 is 1.45. The van der Waals surface area contributed by atoms with Crippen LogP contribution in [-0.2, 0) is 4.79 Å². The fraction of sp³-hybridized carbons (Fsp3) is 0.273. The Labute approximate surface area is 174 Å². The summed E-state index contributed by atoms with van der Waals surface area (Å²) in [5.41, 5.74) is 3.22. The minimum atomic E-state index is 0.155. The molecule has 1 amide bonds. The summed E-state index contributed by atoms with van der Waals surface area (Å²) in [5, 5.41) is 0.772. The first kappa shape index (κ1) is 19.4. The van der Waals surface area contributed by atoms with Crippen LogP contribution in [0, 0.1) is 0 Å². The molecule has 1 N–H and O–H groups in total. The van der Waals surface area contributed by atoms with Gasteiger partial charge in [0.15, 0.2) is 5.16 Å². The van der Waals surface area contributed by atoms with Crippen molar-refractivity contribution in [2.24, 2.45) is 0 Å². The molecule has 4 rings (SSSR count). The van der Waals surface area contributed by atoms with Gasteiger partial charge in [-0.05, 0) is 29.8 Å². The maximum absolute atomic E-state index is 12.6. The highest BCUT2D eigenvalue weighted by Gasteiger charge is 2.21. The van der Waals surface area contributed by atoms with E-state index in [4.69, 9.17) is 4.74 Å². The molecule has 1 aliphatic rings. The number of aromatic amines is 1. The van der Waals surface area contributed by atoms with E-state index in [-0.39, 0.29) is 5.91 Å². The molecule has 2 heterocycles. The molecule has 150 valence electrons. The Morgan fingerprint density at radius 3 is 2.48 bits per heavy atom. The molecule has 29 heavy (non-hydrogen) atoms. The lowest BCUT2D eigenvalue weighted by Crippen LogP contribution is -2.49. The number of amides is 1. The molecular formula is C22H24N4O2S. The van der Waals surface area contributed by atoms with Gasteiger partial charge >= 0.3 is 0 Å². The smallest absolute Gasteiger partial charge is 0.233 e. The lowest BCUT2D eigenvalue weighted by atomic mass is 10.2. The summed E-state index contributed by atoms with van der Waals surface area (Å²) in [6, 6.07) is 18.1. The molecule has 1 aromatic heterocycles. The van der Waals surface area contributed by atoms with Gasteiger partial charge < -0.3 is 19.5 Å². The predicted molar refractivity (Wildman–Crippen MR) is 117 cm³/mol. The van der Waals surface area contributed by atoms with Gasteiger partial charge in [-0.2, -0.15) is 0 Å². The van der Waals surface area contributed by atoms with Crippen LogP contribution >= 0.6 is 11.8 Å². The molecule has 2 aromatic carbocycles. The quantitative estimate of drug-likeness (QED) is 0.633. The number of benzene rings is 2. The molecule has 7 heteroatoms. The molecule has 0 unspecified atom stereocenters. The number of nitrogens with one attached hydrogen (secondary N) is 1. The van der Waals surface area contributed by atoms with Gasteiger partial charge in [-0.15, -0.1) is 0 Å². The number of rotatable bonds is 6. The number of anilines is 1. The van der Waals surface area contributed by atoms with Crippen LogP contribution in [-0.4, -0.2) is 59.8 Å². The van der Waals surface area contributed by atoms with Gasteiger partial charge in [0.1, 0.15) is 5.75 Å². The van der Waals surface area contributed by atoms with Crippen LogP contribution < -0.4 is 9.64 Å². The topological polar surface area (TPSA) is 61.5 Å². The zero-order valence-electron chi connectivity index (χ0n) is 16.4. The number of hydrogen-bond acceptors (Lipinski definition) is 5. The van der Waals surface area contributed by atoms with E-state index >= 15 is 0 Å². The molecule has 0 atom stereocenters. The summed E-state index contributed by atoms with van der Waals surface area (Å²) in [6.07, 6.45) is 1.82. The minimum absolute atomic E-state index is 0.155. The third-order valence-electron chi connectivity index (χ3n) is 5.04. The SMILES string of the molecule is COc1ccc(N2CCN(C(=O)CSc3ncc(-c4ccccc4)[nH]3)CC2)cc1. The highest BCUT2D eigenvalue weighted by Crippen LogP contribution is 2.23. The number of hydrogen-bond donors (Lipinski definition) is 1. The van der Waals surface area contributed by atoms with Crippen molar-refractivity contribution in [1.29, 1.82) is 0 Å². The van der Waals surface area contributed by atoms with Crippen molar-refractivity contribution < 1.29 is 9.53 Å². The van der Waals surface area contributed by atoms with Gasteiger partial charge in [-0.1, -0.05) is 42.1 Å². The number of aromatic nitrogens is 2. The van der Waals surface area contributed by atoms with Crippen molar-refractivity contribution in [2.75, 3.05) is 43.9 Å². The Hall–Kier alpha value is -2.93. The predicted octanol–water partition coefficient (Wildman–Crippen LogP) is 3.53. The van der Waals surface area contributed by atoms with Crippen molar-refractivity contribution >= 4 is 23.4 Å². The van der Waals surface area contributed by atoms with Crippen LogP contribution in [0.25, 0.3) is 11.3 Å². The number of imidazole rings is 1. The molecule has 1 fully saturated rings. The first-order valence-electron chi connectivity index (χ1n) is 9.63. The van der Waals surface area contributed by atoms with E-state index in [1.807, 2.05) is 53.6 Å². The van der Waals surface area contributed by atoms with Gasteiger partial charge in [-0.25, -0.2) is 4.98 Å². The van der Waals surface area contributed by atoms with Crippen molar-refractivity contribution in [3.05, 3.63) is 60.8 Å². The maximum Gasteiger partial charge on any atom is 0.233 e. The van der Waals surface area contributed by atoms with Crippen molar-refractivity contribution in [1.82, 2.24) is 14.9 Å². The normalized spacial score (nSPS) is 14.1. The second-order valence-corrected chi connectivity index (χ2v) is 7.79. The Morgan fingerprint density at radius 2 is 1.79 bits per heavy atom. The van der Waals surface area contributed by atoms with Crippen molar-refractivity contribution in [3.63, 3.8) is 0 Å². The average Bonchev–Trinajstić information content (AvgIpc) is 3.27. The summed E-state index contributed by atoms with van der Waals surface area (Å²) in [5.74, 6) is 1.40. The Bertz CT molecular complexity index is 935. The van der Waals surface area contributed by atoms with E-state index in [0.717, 1.165) is 54.0 Å². The fourth-order valence-electron chi connectivity index (χ4n) is 3.37. The van der Waals surface area contributed by atoms with E-state index in [1.54, 1.807) is 7.11 Å². The number of thioether (sulfide) groups is 1. The van der Waals surface area contributed by atoms with Gasteiger partial charge in [-0.3, -0.25) is 4.79 Å². The zero-order chi connectivity index (χ0) is 20.1. The number of H-pyrrole nitrogens is 1. The third-order valence-corrected chi connectivity index (χ3v) is 5.91. The lowest BCUT2D eigenvalue weighted by Gasteiger charge is -2.36. The molecule has 0 spiro atoms. The molecule has 3 aromatic rings. The molecule has 0 radical (unpaired) electrons. The first-order chi connectivity index (χ1) is 14.2. The minimum Gasteiger partial charge on any atom is -0.497 e. The summed E-state index contributed by atoms with van der Waals surface area (Å²) < 4.78 is 5.21. The molecule has 0 bridgehead atoms. The molecule has 0 aliphatic carbocycles. The number of methoxy groups -OCH3 is 1. The largest absolute Gasteiger partial charge is 0.497 e. The average molecular weight is 409 g/mol. The Balaban J connectivity index is 1.26. The van der Waals surface area contributed by atoms with Crippen LogP contribution in [0.4, 0.5) is 5.69 Å². The van der Waals surface area contributed by atoms with Gasteiger partial charge in [0, 0.05) is 31.9 Å². The van der Waals surface area contributed by atoms with Crippen LogP contribution in [0.1, 0.15) is 0 Å². The Kier molecular flexibility index (Phi) is 6.05. The third kappa shape index (κ3) is 4.74. The Morgan fingerprint density at radius 1 is 1.07 bits per heavy atom. The highest BCUT2D eigenvalue weighted by atomic mass is 32.2. The van der Waals surface area contributed by atoms with Gasteiger partial charge in [0.25, 0.3) is 0 Å². The van der Waals surface area contributed by atoms with Crippen LogP contribution in [0.2, 0.25) is 0 Å². The van der Waals surface area contributed by atoms with Crippen molar-refractivity contribution in [2.45, 2.75) is 5.16 Å². The fourth-order valence-corrected chi connectivity index (χ4v) is 4.12. The van der Waals surface area contributed by atoms with E-state index < -0.39 is 0 Å².